The van der Waals surface area contributed by atoms with Crippen LogP contribution in [0.2, 0.25) is 0 Å². The van der Waals surface area contributed by atoms with E-state index in [4.69, 9.17) is 5.73 Å². The Balaban J connectivity index is 1.70. The molecule has 1 saturated heterocycles. The second-order valence-corrected chi connectivity index (χ2v) is 5.80. The Bertz CT molecular complexity index is 862. The zero-order valence-corrected chi connectivity index (χ0v) is 12.6. The molecule has 3 N–H and O–H groups in total. The first kappa shape index (κ1) is 13.8. The number of hydrogen-bond donors (Lipinski definition) is 2. The summed E-state index contributed by atoms with van der Waals surface area (Å²) in [6.07, 6.45) is 5.66. The summed E-state index contributed by atoms with van der Waals surface area (Å²) in [7, 11) is 0. The van der Waals surface area contributed by atoms with E-state index in [1.165, 1.54) is 0 Å². The summed E-state index contributed by atoms with van der Waals surface area (Å²) in [6, 6.07) is 7.61. The Morgan fingerprint density at radius 3 is 2.61 bits per heavy atom. The highest BCUT2D eigenvalue weighted by atomic mass is 16.2. The molecule has 1 fully saturated rings. The molecule has 0 spiro atoms. The summed E-state index contributed by atoms with van der Waals surface area (Å²) in [6.45, 7) is 1.71. The van der Waals surface area contributed by atoms with Crippen LogP contribution in [-0.2, 0) is 0 Å². The molecule has 23 heavy (non-hydrogen) atoms. The Hall–Kier alpha value is -2.89. The van der Waals surface area contributed by atoms with E-state index >= 15 is 0 Å². The van der Waals surface area contributed by atoms with Crippen molar-refractivity contribution in [3.05, 3.63) is 42.2 Å². The summed E-state index contributed by atoms with van der Waals surface area (Å²) in [5, 5.41) is 7.76. The molecule has 6 nitrogen and oxygen atoms in total. The lowest BCUT2D eigenvalue weighted by Crippen LogP contribution is -2.27. The number of hydrogen-bond acceptors (Lipinski definition) is 4. The number of nitrogens with two attached hydrogens (primary N) is 1. The van der Waals surface area contributed by atoms with Crippen molar-refractivity contribution in [2.45, 2.75) is 12.8 Å². The molecule has 0 radical (unpaired) electrons. The zero-order valence-electron chi connectivity index (χ0n) is 12.6. The molecule has 0 unspecified atom stereocenters. The van der Waals surface area contributed by atoms with Gasteiger partial charge in [0, 0.05) is 30.4 Å². The minimum Gasteiger partial charge on any atom is -0.382 e. The van der Waals surface area contributed by atoms with Crippen LogP contribution in [0.5, 0.6) is 0 Å². The highest BCUT2D eigenvalue weighted by molar-refractivity contribution is 6.01. The number of pyridine rings is 1. The Morgan fingerprint density at radius 1 is 1.13 bits per heavy atom. The third kappa shape index (κ3) is 2.32. The highest BCUT2D eigenvalue weighted by Gasteiger charge is 2.19. The van der Waals surface area contributed by atoms with Gasteiger partial charge < -0.3 is 10.6 Å². The number of H-pyrrole nitrogens is 1. The van der Waals surface area contributed by atoms with Gasteiger partial charge in [-0.2, -0.15) is 5.10 Å². The van der Waals surface area contributed by atoms with Crippen LogP contribution >= 0.6 is 0 Å². The Labute approximate surface area is 133 Å². The Kier molecular flexibility index (Phi) is 3.22. The van der Waals surface area contributed by atoms with Gasteiger partial charge in [-0.15, -0.1) is 0 Å². The van der Waals surface area contributed by atoms with Crippen molar-refractivity contribution in [1.82, 2.24) is 20.1 Å². The van der Waals surface area contributed by atoms with Gasteiger partial charge in [-0.1, -0.05) is 12.1 Å². The Morgan fingerprint density at radius 2 is 1.87 bits per heavy atom. The molecule has 1 aliphatic rings. The lowest BCUT2D eigenvalue weighted by Gasteiger charge is -2.15. The van der Waals surface area contributed by atoms with Crippen LogP contribution in [0.25, 0.3) is 22.0 Å². The van der Waals surface area contributed by atoms with Gasteiger partial charge in [0.2, 0.25) is 0 Å². The monoisotopic (exact) mass is 307 g/mol. The standard InChI is InChI=1S/C17H17N5O/c18-16-15-13(9-19-10-14(15)20-21-16)11-3-5-12(6-4-11)17(23)22-7-1-2-8-22/h3-6,9-10H,1-2,7-8H2,(H3,18,20,21). The molecule has 6 heteroatoms. The zero-order chi connectivity index (χ0) is 15.8. The van der Waals surface area contributed by atoms with Gasteiger partial charge in [-0.25, -0.2) is 0 Å². The quantitative estimate of drug-likeness (QED) is 0.761. The third-order valence-corrected chi connectivity index (χ3v) is 4.34. The van der Waals surface area contributed by atoms with Gasteiger partial charge in [-0.3, -0.25) is 14.9 Å². The number of carbonyl (C=O) groups is 1. The lowest BCUT2D eigenvalue weighted by atomic mass is 10.0. The fraction of sp³-hybridized carbons (Fsp3) is 0.235. The van der Waals surface area contributed by atoms with Crippen LogP contribution in [0.15, 0.2) is 36.7 Å². The first-order valence-corrected chi connectivity index (χ1v) is 7.71. The second kappa shape index (κ2) is 5.39. The SMILES string of the molecule is Nc1n[nH]c2cncc(-c3ccc(C(=O)N4CCCC4)cc3)c12. The number of fused-ring (bicyclic) bond motifs is 1. The largest absolute Gasteiger partial charge is 0.382 e. The van der Waals surface area contributed by atoms with Crippen LogP contribution in [0.3, 0.4) is 0 Å². The van der Waals surface area contributed by atoms with Crippen molar-refractivity contribution >= 4 is 22.6 Å². The van der Waals surface area contributed by atoms with Gasteiger partial charge in [0.05, 0.1) is 17.1 Å². The summed E-state index contributed by atoms with van der Waals surface area (Å²) >= 11 is 0. The molecule has 1 amide bonds. The average Bonchev–Trinajstić information content (AvgIpc) is 3.25. The number of carbonyl (C=O) groups excluding carboxylic acids is 1. The van der Waals surface area contributed by atoms with E-state index in [2.05, 4.69) is 15.2 Å². The highest BCUT2D eigenvalue weighted by Crippen LogP contribution is 2.30. The molecular formula is C17H17N5O. The average molecular weight is 307 g/mol. The molecule has 0 atom stereocenters. The first-order chi connectivity index (χ1) is 11.2. The van der Waals surface area contributed by atoms with E-state index in [9.17, 15) is 4.79 Å². The van der Waals surface area contributed by atoms with Crippen molar-refractivity contribution in [3.8, 4) is 11.1 Å². The maximum absolute atomic E-state index is 12.4. The second-order valence-electron chi connectivity index (χ2n) is 5.80. The predicted octanol–water partition coefficient (Wildman–Crippen LogP) is 2.44. The van der Waals surface area contributed by atoms with Crippen LogP contribution in [0, 0.1) is 0 Å². The maximum atomic E-state index is 12.4. The first-order valence-electron chi connectivity index (χ1n) is 7.71. The van der Waals surface area contributed by atoms with Crippen molar-refractivity contribution in [1.29, 1.82) is 0 Å². The number of nitrogen functional groups attached to an aromatic ring is 1. The van der Waals surface area contributed by atoms with Crippen molar-refractivity contribution < 1.29 is 4.79 Å². The number of amides is 1. The van der Waals surface area contributed by atoms with E-state index < -0.39 is 0 Å². The number of aromatic nitrogens is 3. The van der Waals surface area contributed by atoms with E-state index in [-0.39, 0.29) is 5.91 Å². The number of nitrogens with zero attached hydrogens (tertiary/aromatic N) is 3. The molecule has 4 rings (SSSR count). The molecule has 3 heterocycles. The molecule has 3 aromatic rings. The van der Waals surface area contributed by atoms with Crippen LogP contribution < -0.4 is 5.73 Å². The summed E-state index contributed by atoms with van der Waals surface area (Å²) in [5.41, 5.74) is 9.34. The van der Waals surface area contributed by atoms with Gasteiger partial charge in [0.1, 0.15) is 0 Å². The van der Waals surface area contributed by atoms with Gasteiger partial charge in [0.25, 0.3) is 5.91 Å². The number of likely N-dealkylation sites (tertiary alicyclic amines) is 1. The van der Waals surface area contributed by atoms with E-state index in [0.29, 0.717) is 5.82 Å². The number of benzene rings is 1. The molecule has 116 valence electrons. The van der Waals surface area contributed by atoms with Gasteiger partial charge in [-0.05, 0) is 30.5 Å². The van der Waals surface area contributed by atoms with Crippen LogP contribution in [-0.4, -0.2) is 39.1 Å². The molecule has 0 bridgehead atoms. The molecule has 0 saturated carbocycles. The maximum Gasteiger partial charge on any atom is 0.253 e. The smallest absolute Gasteiger partial charge is 0.253 e. The number of aromatic amines is 1. The lowest BCUT2D eigenvalue weighted by molar-refractivity contribution is 0.0793. The van der Waals surface area contributed by atoms with E-state index in [1.54, 1.807) is 12.4 Å². The van der Waals surface area contributed by atoms with Gasteiger partial charge in [0.15, 0.2) is 5.82 Å². The summed E-state index contributed by atoms with van der Waals surface area (Å²) in [5.74, 6) is 0.558. The van der Waals surface area contributed by atoms with Gasteiger partial charge >= 0.3 is 0 Å². The molecule has 1 aromatic carbocycles. The minimum atomic E-state index is 0.105. The minimum absolute atomic E-state index is 0.105. The third-order valence-electron chi connectivity index (χ3n) is 4.34. The van der Waals surface area contributed by atoms with Crippen molar-refractivity contribution in [2.24, 2.45) is 0 Å². The molecule has 2 aromatic heterocycles. The molecular weight excluding hydrogens is 290 g/mol. The fourth-order valence-corrected chi connectivity index (χ4v) is 3.11. The van der Waals surface area contributed by atoms with Crippen molar-refractivity contribution in [3.63, 3.8) is 0 Å². The molecule has 1 aliphatic heterocycles. The normalized spacial score (nSPS) is 14.5. The topological polar surface area (TPSA) is 87.9 Å². The number of nitrogens with one attached hydrogen (secondary N) is 1. The predicted molar refractivity (Wildman–Crippen MR) is 88.9 cm³/mol. The summed E-state index contributed by atoms with van der Waals surface area (Å²) in [4.78, 5) is 18.5. The van der Waals surface area contributed by atoms with Crippen molar-refractivity contribution in [2.75, 3.05) is 18.8 Å². The van der Waals surface area contributed by atoms with Crippen LogP contribution in [0.4, 0.5) is 5.82 Å². The molecule has 0 aliphatic carbocycles. The number of rotatable bonds is 2. The number of anilines is 1. The van der Waals surface area contributed by atoms with E-state index in [0.717, 1.165) is 53.5 Å². The fourth-order valence-electron chi connectivity index (χ4n) is 3.11. The van der Waals surface area contributed by atoms with E-state index in [1.807, 2.05) is 29.2 Å². The van der Waals surface area contributed by atoms with Crippen LogP contribution in [0.1, 0.15) is 23.2 Å². The summed E-state index contributed by atoms with van der Waals surface area (Å²) < 4.78 is 0.